The van der Waals surface area contributed by atoms with Crippen LogP contribution in [0, 0.1) is 0 Å². The van der Waals surface area contributed by atoms with Crippen LogP contribution in [0.3, 0.4) is 0 Å². The Labute approximate surface area is 108 Å². The van der Waals surface area contributed by atoms with Crippen LogP contribution >= 0.6 is 0 Å². The van der Waals surface area contributed by atoms with Crippen molar-refractivity contribution in [2.45, 2.75) is 44.1 Å². The SMILES string of the molecule is OCC(O)COc1ccc(C2CCCCC2)cc1. The zero-order chi connectivity index (χ0) is 12.8. The van der Waals surface area contributed by atoms with Gasteiger partial charge in [-0.15, -0.1) is 0 Å². The summed E-state index contributed by atoms with van der Waals surface area (Å²) < 4.78 is 5.39. The summed E-state index contributed by atoms with van der Waals surface area (Å²) in [5.74, 6) is 1.46. The van der Waals surface area contributed by atoms with Gasteiger partial charge in [0, 0.05) is 0 Å². The molecule has 18 heavy (non-hydrogen) atoms. The van der Waals surface area contributed by atoms with E-state index in [1.165, 1.54) is 37.7 Å². The average molecular weight is 250 g/mol. The topological polar surface area (TPSA) is 49.7 Å². The molecule has 0 aliphatic heterocycles. The first-order valence-corrected chi connectivity index (χ1v) is 6.81. The van der Waals surface area contributed by atoms with E-state index in [1.807, 2.05) is 12.1 Å². The molecular weight excluding hydrogens is 228 g/mol. The highest BCUT2D eigenvalue weighted by atomic mass is 16.5. The Balaban J connectivity index is 1.88. The maximum absolute atomic E-state index is 9.20. The Morgan fingerprint density at radius 3 is 2.39 bits per heavy atom. The molecule has 0 amide bonds. The lowest BCUT2D eigenvalue weighted by molar-refractivity contribution is 0.0536. The van der Waals surface area contributed by atoms with Crippen molar-refractivity contribution in [3.63, 3.8) is 0 Å². The van der Waals surface area contributed by atoms with Gasteiger partial charge in [0.25, 0.3) is 0 Å². The van der Waals surface area contributed by atoms with Crippen molar-refractivity contribution in [3.8, 4) is 5.75 Å². The standard InChI is InChI=1S/C15H22O3/c16-10-14(17)11-18-15-8-6-13(7-9-15)12-4-2-1-3-5-12/h6-9,12,14,16-17H,1-5,10-11H2. The van der Waals surface area contributed by atoms with Crippen LogP contribution < -0.4 is 4.74 Å². The van der Waals surface area contributed by atoms with Gasteiger partial charge < -0.3 is 14.9 Å². The Bertz CT molecular complexity index is 341. The highest BCUT2D eigenvalue weighted by Gasteiger charge is 2.15. The van der Waals surface area contributed by atoms with E-state index < -0.39 is 6.10 Å². The molecule has 1 aliphatic rings. The highest BCUT2D eigenvalue weighted by molar-refractivity contribution is 5.29. The molecule has 0 heterocycles. The van der Waals surface area contributed by atoms with Crippen molar-refractivity contribution in [3.05, 3.63) is 29.8 Å². The van der Waals surface area contributed by atoms with Crippen molar-refractivity contribution >= 4 is 0 Å². The first-order valence-electron chi connectivity index (χ1n) is 6.81. The van der Waals surface area contributed by atoms with E-state index in [2.05, 4.69) is 12.1 Å². The summed E-state index contributed by atoms with van der Waals surface area (Å²) in [5, 5.41) is 17.9. The van der Waals surface area contributed by atoms with Gasteiger partial charge in [-0.2, -0.15) is 0 Å². The number of hydrogen-bond acceptors (Lipinski definition) is 3. The molecule has 1 saturated carbocycles. The van der Waals surface area contributed by atoms with Gasteiger partial charge in [0.05, 0.1) is 6.61 Å². The molecule has 2 N–H and O–H groups in total. The summed E-state index contributed by atoms with van der Waals surface area (Å²) in [5.41, 5.74) is 1.39. The summed E-state index contributed by atoms with van der Waals surface area (Å²) in [4.78, 5) is 0. The minimum atomic E-state index is -0.803. The molecule has 0 spiro atoms. The number of ether oxygens (including phenoxy) is 1. The van der Waals surface area contributed by atoms with E-state index in [1.54, 1.807) is 0 Å². The fourth-order valence-corrected chi connectivity index (χ4v) is 2.52. The van der Waals surface area contributed by atoms with Crippen molar-refractivity contribution < 1.29 is 14.9 Å². The molecule has 3 nitrogen and oxygen atoms in total. The zero-order valence-electron chi connectivity index (χ0n) is 10.7. The smallest absolute Gasteiger partial charge is 0.119 e. The summed E-state index contributed by atoms with van der Waals surface area (Å²) in [6.45, 7) is -0.126. The second-order valence-electron chi connectivity index (χ2n) is 5.05. The first kappa shape index (κ1) is 13.4. The Morgan fingerprint density at radius 2 is 1.78 bits per heavy atom. The van der Waals surface area contributed by atoms with Gasteiger partial charge in [0.15, 0.2) is 0 Å². The minimum absolute atomic E-state index is 0.138. The van der Waals surface area contributed by atoms with Crippen molar-refractivity contribution in [2.75, 3.05) is 13.2 Å². The van der Waals surface area contributed by atoms with Gasteiger partial charge in [-0.3, -0.25) is 0 Å². The van der Waals surface area contributed by atoms with E-state index in [4.69, 9.17) is 9.84 Å². The van der Waals surface area contributed by atoms with Crippen LogP contribution in [-0.4, -0.2) is 29.5 Å². The van der Waals surface area contributed by atoms with Crippen molar-refractivity contribution in [1.29, 1.82) is 0 Å². The quantitative estimate of drug-likeness (QED) is 0.844. The fourth-order valence-electron chi connectivity index (χ4n) is 2.52. The molecule has 1 aromatic rings. The van der Waals surface area contributed by atoms with Gasteiger partial charge in [-0.25, -0.2) is 0 Å². The summed E-state index contributed by atoms with van der Waals surface area (Å²) in [7, 11) is 0. The third-order valence-electron chi connectivity index (χ3n) is 3.61. The molecule has 0 saturated heterocycles. The molecule has 1 unspecified atom stereocenters. The monoisotopic (exact) mass is 250 g/mol. The van der Waals surface area contributed by atoms with Crippen LogP contribution in [-0.2, 0) is 0 Å². The second kappa shape index (κ2) is 6.76. The average Bonchev–Trinajstić information content (AvgIpc) is 2.46. The molecular formula is C15H22O3. The second-order valence-corrected chi connectivity index (χ2v) is 5.05. The van der Waals surface area contributed by atoms with Gasteiger partial charge in [-0.1, -0.05) is 31.4 Å². The highest BCUT2D eigenvalue weighted by Crippen LogP contribution is 2.33. The van der Waals surface area contributed by atoms with Gasteiger partial charge in [0.2, 0.25) is 0 Å². The molecule has 1 fully saturated rings. The molecule has 1 aromatic carbocycles. The van der Waals surface area contributed by atoms with E-state index >= 15 is 0 Å². The number of aliphatic hydroxyl groups is 2. The largest absolute Gasteiger partial charge is 0.491 e. The van der Waals surface area contributed by atoms with Gasteiger partial charge >= 0.3 is 0 Å². The number of aliphatic hydroxyl groups excluding tert-OH is 2. The van der Waals surface area contributed by atoms with E-state index in [0.717, 1.165) is 5.75 Å². The van der Waals surface area contributed by atoms with Crippen LogP contribution in [0.25, 0.3) is 0 Å². The normalized spacial score (nSPS) is 18.6. The molecule has 2 rings (SSSR count). The van der Waals surface area contributed by atoms with Crippen LogP contribution in [0.1, 0.15) is 43.6 Å². The summed E-state index contributed by atoms with van der Waals surface area (Å²) >= 11 is 0. The Hall–Kier alpha value is -1.06. The maximum atomic E-state index is 9.20. The molecule has 1 atom stereocenters. The molecule has 0 radical (unpaired) electrons. The van der Waals surface area contributed by atoms with Crippen LogP contribution in [0.5, 0.6) is 5.75 Å². The molecule has 0 bridgehead atoms. The predicted octanol–water partition coefficient (Wildman–Crippen LogP) is 2.47. The lowest BCUT2D eigenvalue weighted by Gasteiger charge is -2.22. The van der Waals surface area contributed by atoms with Crippen LogP contribution in [0.2, 0.25) is 0 Å². The van der Waals surface area contributed by atoms with Crippen LogP contribution in [0.15, 0.2) is 24.3 Å². The molecule has 0 aromatic heterocycles. The van der Waals surface area contributed by atoms with E-state index in [-0.39, 0.29) is 13.2 Å². The van der Waals surface area contributed by atoms with Gasteiger partial charge in [-0.05, 0) is 36.5 Å². The van der Waals surface area contributed by atoms with Gasteiger partial charge in [0.1, 0.15) is 18.5 Å². The van der Waals surface area contributed by atoms with Crippen molar-refractivity contribution in [1.82, 2.24) is 0 Å². The maximum Gasteiger partial charge on any atom is 0.119 e. The third-order valence-corrected chi connectivity index (χ3v) is 3.61. The third kappa shape index (κ3) is 3.72. The zero-order valence-corrected chi connectivity index (χ0v) is 10.7. The lowest BCUT2D eigenvalue weighted by Crippen LogP contribution is -2.21. The van der Waals surface area contributed by atoms with E-state index in [9.17, 15) is 5.11 Å². The number of hydrogen-bond donors (Lipinski definition) is 2. The Morgan fingerprint density at radius 1 is 1.11 bits per heavy atom. The molecule has 1 aliphatic carbocycles. The number of benzene rings is 1. The Kier molecular flexibility index (Phi) is 5.02. The number of rotatable bonds is 5. The summed E-state index contributed by atoms with van der Waals surface area (Å²) in [6.07, 6.45) is 5.84. The van der Waals surface area contributed by atoms with E-state index in [0.29, 0.717) is 5.92 Å². The molecule has 3 heteroatoms. The summed E-state index contributed by atoms with van der Waals surface area (Å²) in [6, 6.07) is 8.15. The van der Waals surface area contributed by atoms with Crippen molar-refractivity contribution in [2.24, 2.45) is 0 Å². The lowest BCUT2D eigenvalue weighted by atomic mass is 9.84. The van der Waals surface area contributed by atoms with Crippen LogP contribution in [0.4, 0.5) is 0 Å². The predicted molar refractivity (Wildman–Crippen MR) is 70.9 cm³/mol. The fraction of sp³-hybridized carbons (Fsp3) is 0.600. The molecule has 100 valence electrons. The first-order chi connectivity index (χ1) is 8.79. The minimum Gasteiger partial charge on any atom is -0.491 e.